The van der Waals surface area contributed by atoms with Gasteiger partial charge in [-0.15, -0.1) is 0 Å². The Labute approximate surface area is 322 Å². The van der Waals surface area contributed by atoms with E-state index in [-0.39, 0.29) is 66.9 Å². The maximum atomic E-state index is 15.5. The second-order valence-corrected chi connectivity index (χ2v) is 15.8. The minimum Gasteiger partial charge on any atom is -0.359 e. The summed E-state index contributed by atoms with van der Waals surface area (Å²) >= 11 is 6.56. The van der Waals surface area contributed by atoms with E-state index in [1.165, 1.54) is 29.9 Å². The summed E-state index contributed by atoms with van der Waals surface area (Å²) in [6.45, 7) is -1.38. The lowest BCUT2D eigenvalue weighted by Gasteiger charge is -2.26. The Kier molecular flexibility index (Phi) is 8.73. The van der Waals surface area contributed by atoms with Crippen molar-refractivity contribution in [3.05, 3.63) is 81.3 Å². The number of anilines is 3. The Morgan fingerprint density at radius 1 is 1.11 bits per heavy atom. The zero-order valence-electron chi connectivity index (χ0n) is 29.1. The molecule has 0 fully saturated rings. The quantitative estimate of drug-likeness (QED) is 0.113. The fraction of sp³-hybridized carbons (Fsp3) is 0.286. The number of sulfonamides is 1. The molecular formula is C35H25ClF7N9O4S. The molecule has 4 heterocycles. The van der Waals surface area contributed by atoms with Gasteiger partial charge in [0.15, 0.2) is 17.3 Å². The zero-order valence-corrected chi connectivity index (χ0v) is 30.7. The predicted octanol–water partition coefficient (Wildman–Crippen LogP) is 5.44. The van der Waals surface area contributed by atoms with Crippen molar-refractivity contribution in [2.24, 2.45) is 13.0 Å². The van der Waals surface area contributed by atoms with Crippen molar-refractivity contribution in [3.8, 4) is 23.0 Å². The van der Waals surface area contributed by atoms with E-state index in [4.69, 9.17) is 11.6 Å². The van der Waals surface area contributed by atoms with Gasteiger partial charge in [0.2, 0.25) is 21.8 Å². The van der Waals surface area contributed by atoms with Crippen LogP contribution in [0, 0.1) is 29.4 Å². The number of benzene rings is 2. The van der Waals surface area contributed by atoms with Gasteiger partial charge in [-0.25, -0.2) is 22.2 Å². The van der Waals surface area contributed by atoms with Gasteiger partial charge in [0.25, 0.3) is 0 Å². The second-order valence-electron chi connectivity index (χ2n) is 13.6. The number of hydrogen-bond donors (Lipinski definition) is 4. The number of fused-ring (bicyclic) bond motifs is 5. The summed E-state index contributed by atoms with van der Waals surface area (Å²) < 4.78 is 131. The van der Waals surface area contributed by atoms with Crippen molar-refractivity contribution >= 4 is 61.7 Å². The summed E-state index contributed by atoms with van der Waals surface area (Å²) in [7, 11) is -2.40. The number of aryl methyl sites for hydroxylation is 1. The van der Waals surface area contributed by atoms with Crippen LogP contribution in [0.4, 0.5) is 48.1 Å². The fourth-order valence-electron chi connectivity index (χ4n) is 7.38. The maximum absolute atomic E-state index is 15.5. The molecule has 4 N–H and O–H groups in total. The molecule has 3 aromatic heterocycles. The zero-order chi connectivity index (χ0) is 40.9. The minimum absolute atomic E-state index is 0.0226. The number of carbonyl (C=O) groups excluding carboxylic acids is 2. The highest BCUT2D eigenvalue weighted by atomic mass is 35.5. The van der Waals surface area contributed by atoms with Gasteiger partial charge in [-0.2, -0.15) is 32.1 Å². The molecule has 3 aliphatic rings. The number of amides is 2. The molecule has 0 bridgehead atoms. The van der Waals surface area contributed by atoms with E-state index >= 15 is 8.78 Å². The minimum atomic E-state index is -5.16. The van der Waals surface area contributed by atoms with Gasteiger partial charge in [-0.05, 0) is 36.2 Å². The smallest absolute Gasteiger partial charge is 0.359 e. The number of nitrogens with one attached hydrogen (secondary N) is 4. The summed E-state index contributed by atoms with van der Waals surface area (Å²) in [5, 5.41) is 16.0. The van der Waals surface area contributed by atoms with Gasteiger partial charge < -0.3 is 16.0 Å². The van der Waals surface area contributed by atoms with Crippen LogP contribution < -0.4 is 20.7 Å². The Hall–Kier alpha value is -5.88. The highest BCUT2D eigenvalue weighted by molar-refractivity contribution is 7.92. The van der Waals surface area contributed by atoms with Gasteiger partial charge in [0.05, 0.1) is 52.1 Å². The molecule has 22 heteroatoms. The van der Waals surface area contributed by atoms with E-state index in [0.29, 0.717) is 6.07 Å². The lowest BCUT2D eigenvalue weighted by atomic mass is 9.84. The molecule has 5 aromatic rings. The third-order valence-electron chi connectivity index (χ3n) is 9.58. The molecule has 0 unspecified atom stereocenters. The van der Waals surface area contributed by atoms with Crippen molar-refractivity contribution in [1.82, 2.24) is 29.9 Å². The highest BCUT2D eigenvalue weighted by Gasteiger charge is 2.62. The maximum Gasteiger partial charge on any atom is 0.435 e. The average Bonchev–Trinajstić information content (AvgIpc) is 3.64. The second kappa shape index (κ2) is 13.1. The van der Waals surface area contributed by atoms with E-state index in [2.05, 4.69) is 47.7 Å². The first-order chi connectivity index (χ1) is 26.7. The highest BCUT2D eigenvalue weighted by Crippen LogP contribution is 2.58. The molecule has 296 valence electrons. The van der Waals surface area contributed by atoms with Crippen LogP contribution in [0.5, 0.6) is 0 Å². The van der Waals surface area contributed by atoms with E-state index in [9.17, 15) is 40.0 Å². The van der Waals surface area contributed by atoms with Crippen LogP contribution in [-0.2, 0) is 51.7 Å². The Bertz CT molecular complexity index is 2740. The predicted molar refractivity (Wildman–Crippen MR) is 191 cm³/mol. The van der Waals surface area contributed by atoms with Crippen LogP contribution >= 0.6 is 11.6 Å². The largest absolute Gasteiger partial charge is 0.435 e. The normalized spacial score (nSPS) is 18.3. The number of aromatic nitrogens is 5. The third kappa shape index (κ3) is 6.65. The van der Waals surface area contributed by atoms with Crippen molar-refractivity contribution in [2.75, 3.05) is 28.2 Å². The first kappa shape index (κ1) is 38.0. The van der Waals surface area contributed by atoms with Gasteiger partial charge in [0, 0.05) is 29.8 Å². The average molecular weight is 836 g/mol. The summed E-state index contributed by atoms with van der Waals surface area (Å²) in [6.07, 6.45) is -4.68. The lowest BCUT2D eigenvalue weighted by Crippen LogP contribution is -2.36. The summed E-state index contributed by atoms with van der Waals surface area (Å²) in [5.74, 6) is -6.13. The molecule has 0 radical (unpaired) electrons. The van der Waals surface area contributed by atoms with Crippen molar-refractivity contribution in [3.63, 3.8) is 0 Å². The van der Waals surface area contributed by atoms with Gasteiger partial charge >= 0.3 is 12.1 Å². The monoisotopic (exact) mass is 835 g/mol. The molecule has 2 aromatic carbocycles. The number of alkyl halides is 5. The molecule has 0 saturated heterocycles. The molecule has 3 atom stereocenters. The fourth-order valence-corrected chi connectivity index (χ4v) is 8.11. The molecule has 1 aliphatic heterocycles. The lowest BCUT2D eigenvalue weighted by molar-refractivity contribution is -0.142. The van der Waals surface area contributed by atoms with Crippen LogP contribution in [0.1, 0.15) is 40.2 Å². The SMILES string of the molecule is Cn1nc(NS(C)(=O)=O)c2c(Cl)ccc(-c3cc4c(nc3[C@H](Cc3cc(F)cc(F)c3)NC(=O)Cn3nc(C(F)(F)F)c5c3C(F)(F)[C@@H]3C#C[C@H]53)NCC(=O)N4)c21. The van der Waals surface area contributed by atoms with Crippen LogP contribution in [0.25, 0.3) is 22.0 Å². The van der Waals surface area contributed by atoms with E-state index in [1.54, 1.807) is 0 Å². The number of halogens is 8. The Balaban J connectivity index is 1.28. The number of carbonyl (C=O) groups is 2. The first-order valence-electron chi connectivity index (χ1n) is 16.7. The standard InChI is InChI=1S/C35H25ClF7N9O4S/c1-51-29-17(4-6-21(36)27(29)33(49-51)50-57(2,55)56)19-11-23-32(44-12-24(53)46-23)47-28(19)22(9-14-7-15(37)10-16(38)8-14)45-25(54)13-52-31-26(30(48-52)35(41,42)43)18-3-5-20(18)34(31,39)40/h4,6-8,10-11,18,20,22H,9,12-13H2,1-2H3,(H,44,47)(H,45,54)(H,46,53)(H,49,50)/t18-,20+,22-/m0/s1. The molecule has 2 amide bonds. The van der Waals surface area contributed by atoms with E-state index in [0.717, 1.165) is 18.4 Å². The van der Waals surface area contributed by atoms with Crippen LogP contribution in [0.3, 0.4) is 0 Å². The van der Waals surface area contributed by atoms with Crippen LogP contribution in [0.15, 0.2) is 36.4 Å². The molecular weight excluding hydrogens is 811 g/mol. The molecule has 0 saturated carbocycles. The van der Waals surface area contributed by atoms with Crippen molar-refractivity contribution < 1.29 is 48.7 Å². The van der Waals surface area contributed by atoms with Crippen LogP contribution in [-0.4, -0.2) is 57.6 Å². The number of hydrogen-bond acceptors (Lipinski definition) is 8. The van der Waals surface area contributed by atoms with Gasteiger partial charge in [-0.1, -0.05) is 29.5 Å². The summed E-state index contributed by atoms with van der Waals surface area (Å²) in [4.78, 5) is 31.0. The van der Waals surface area contributed by atoms with E-state index in [1.807, 2.05) is 0 Å². The molecule has 13 nitrogen and oxygen atoms in total. The molecule has 57 heavy (non-hydrogen) atoms. The van der Waals surface area contributed by atoms with Gasteiger partial charge in [0.1, 0.15) is 29.8 Å². The van der Waals surface area contributed by atoms with Crippen molar-refractivity contribution in [2.45, 2.75) is 37.0 Å². The third-order valence-corrected chi connectivity index (χ3v) is 10.5. The number of nitrogens with zero attached hydrogens (tertiary/aromatic N) is 5. The topological polar surface area (TPSA) is 165 Å². The summed E-state index contributed by atoms with van der Waals surface area (Å²) in [6, 6.07) is 5.50. The number of rotatable bonds is 9. The van der Waals surface area contributed by atoms with Gasteiger partial charge in [-0.3, -0.25) is 23.7 Å². The number of pyridine rings is 1. The van der Waals surface area contributed by atoms with Crippen LogP contribution in [0.2, 0.25) is 5.02 Å². The van der Waals surface area contributed by atoms with Crippen molar-refractivity contribution in [1.29, 1.82) is 0 Å². The molecule has 0 spiro atoms. The van der Waals surface area contributed by atoms with E-state index < -0.39 is 93.4 Å². The first-order valence-corrected chi connectivity index (χ1v) is 19.0. The molecule has 8 rings (SSSR count). The molecule has 2 aliphatic carbocycles. The Morgan fingerprint density at radius 2 is 1.82 bits per heavy atom. The summed E-state index contributed by atoms with van der Waals surface area (Å²) in [5.41, 5.74) is -2.84. The Morgan fingerprint density at radius 3 is 2.47 bits per heavy atom.